The summed E-state index contributed by atoms with van der Waals surface area (Å²) in [4.78, 5) is 29.0. The van der Waals surface area contributed by atoms with E-state index in [9.17, 15) is 14.7 Å². The van der Waals surface area contributed by atoms with E-state index in [2.05, 4.69) is 4.98 Å². The van der Waals surface area contributed by atoms with Gasteiger partial charge in [-0.25, -0.2) is 9.78 Å². The van der Waals surface area contributed by atoms with E-state index >= 15 is 0 Å². The number of rotatable bonds is 3. The van der Waals surface area contributed by atoms with Gasteiger partial charge >= 0.3 is 5.97 Å². The molecule has 1 aromatic rings. The molecule has 0 unspecified atom stereocenters. The molecule has 2 rings (SSSR count). The number of aliphatic carboxylic acids is 1. The zero-order valence-electron chi connectivity index (χ0n) is 11.1. The van der Waals surface area contributed by atoms with Crippen molar-refractivity contribution >= 4 is 11.9 Å². The van der Waals surface area contributed by atoms with E-state index in [0.29, 0.717) is 18.7 Å². The fraction of sp³-hybridized carbons (Fsp3) is 0.615. The Hall–Kier alpha value is -1.85. The summed E-state index contributed by atoms with van der Waals surface area (Å²) in [6.45, 7) is 4.27. The number of oxazole rings is 1. The average molecular weight is 266 g/mol. The second-order valence-corrected chi connectivity index (χ2v) is 5.07. The molecule has 1 aliphatic heterocycles. The van der Waals surface area contributed by atoms with Crippen molar-refractivity contribution in [2.24, 2.45) is 0 Å². The summed E-state index contributed by atoms with van der Waals surface area (Å²) in [6, 6.07) is -0.752. The predicted molar refractivity (Wildman–Crippen MR) is 66.9 cm³/mol. The maximum absolute atomic E-state index is 12.4. The van der Waals surface area contributed by atoms with Crippen LogP contribution in [0.4, 0.5) is 0 Å². The lowest BCUT2D eigenvalue weighted by atomic mass is 10.0. The number of carbonyl (C=O) groups is 2. The summed E-state index contributed by atoms with van der Waals surface area (Å²) in [6.07, 6.45) is 3.39. The Labute approximate surface area is 111 Å². The Morgan fingerprint density at radius 2 is 2.21 bits per heavy atom. The van der Waals surface area contributed by atoms with E-state index in [1.807, 2.05) is 13.8 Å². The quantitative estimate of drug-likeness (QED) is 0.903. The van der Waals surface area contributed by atoms with Gasteiger partial charge in [0, 0.05) is 12.5 Å². The minimum absolute atomic E-state index is 0.0366. The average Bonchev–Trinajstić information content (AvgIpc) is 2.87. The molecule has 2 heterocycles. The first-order valence-corrected chi connectivity index (χ1v) is 6.49. The molecule has 1 fully saturated rings. The van der Waals surface area contributed by atoms with Crippen molar-refractivity contribution < 1.29 is 19.1 Å². The molecule has 0 spiro atoms. The minimum Gasteiger partial charge on any atom is -0.480 e. The van der Waals surface area contributed by atoms with E-state index in [-0.39, 0.29) is 17.5 Å². The molecule has 1 N–H and O–H groups in total. The van der Waals surface area contributed by atoms with Crippen LogP contribution < -0.4 is 0 Å². The first kappa shape index (κ1) is 13.6. The summed E-state index contributed by atoms with van der Waals surface area (Å²) in [5.74, 6) is -0.749. The molecule has 19 heavy (non-hydrogen) atoms. The van der Waals surface area contributed by atoms with Crippen molar-refractivity contribution in [1.29, 1.82) is 0 Å². The molecule has 1 atom stereocenters. The largest absolute Gasteiger partial charge is 0.480 e. The fourth-order valence-electron chi connectivity index (χ4n) is 2.39. The van der Waals surface area contributed by atoms with Crippen LogP contribution in [0.5, 0.6) is 0 Å². The molecule has 0 aromatic carbocycles. The van der Waals surface area contributed by atoms with Gasteiger partial charge in [0.15, 0.2) is 12.1 Å². The number of hydrogen-bond acceptors (Lipinski definition) is 4. The van der Waals surface area contributed by atoms with Crippen molar-refractivity contribution in [1.82, 2.24) is 9.88 Å². The molecule has 0 saturated carbocycles. The fourth-order valence-corrected chi connectivity index (χ4v) is 2.39. The van der Waals surface area contributed by atoms with E-state index in [1.54, 1.807) is 0 Å². The second-order valence-electron chi connectivity index (χ2n) is 5.07. The number of piperidine rings is 1. The SMILES string of the molecule is CC(C)c1ocnc1C(=O)N1CCCC[C@@H]1C(=O)O. The van der Waals surface area contributed by atoms with Gasteiger partial charge in [-0.2, -0.15) is 0 Å². The standard InChI is InChI=1S/C13H18N2O4/c1-8(2)11-10(14-7-19-11)12(16)15-6-4-3-5-9(15)13(17)18/h7-9H,3-6H2,1-2H3,(H,17,18)/t9-/m1/s1. The van der Waals surface area contributed by atoms with Crippen LogP contribution >= 0.6 is 0 Å². The van der Waals surface area contributed by atoms with Crippen LogP contribution in [0.3, 0.4) is 0 Å². The molecule has 0 aliphatic carbocycles. The summed E-state index contributed by atoms with van der Waals surface area (Å²) < 4.78 is 5.23. The van der Waals surface area contributed by atoms with Crippen molar-refractivity contribution in [3.8, 4) is 0 Å². The van der Waals surface area contributed by atoms with Gasteiger partial charge in [0.25, 0.3) is 5.91 Å². The second kappa shape index (κ2) is 5.42. The van der Waals surface area contributed by atoms with E-state index in [0.717, 1.165) is 12.8 Å². The summed E-state index contributed by atoms with van der Waals surface area (Å²) in [5, 5.41) is 9.20. The van der Waals surface area contributed by atoms with E-state index in [4.69, 9.17) is 4.42 Å². The van der Waals surface area contributed by atoms with Gasteiger partial charge in [-0.05, 0) is 19.3 Å². The number of nitrogens with zero attached hydrogens (tertiary/aromatic N) is 2. The highest BCUT2D eigenvalue weighted by Crippen LogP contribution is 2.24. The summed E-state index contributed by atoms with van der Waals surface area (Å²) in [5.41, 5.74) is 0.239. The Morgan fingerprint density at radius 1 is 1.47 bits per heavy atom. The number of carboxylic acid groups (broad SMARTS) is 1. The van der Waals surface area contributed by atoms with Gasteiger partial charge in [-0.1, -0.05) is 13.8 Å². The summed E-state index contributed by atoms with van der Waals surface area (Å²) in [7, 11) is 0. The van der Waals surface area contributed by atoms with Crippen molar-refractivity contribution in [3.63, 3.8) is 0 Å². The Kier molecular flexibility index (Phi) is 3.87. The third-order valence-electron chi connectivity index (χ3n) is 3.37. The van der Waals surface area contributed by atoms with Crippen LogP contribution in [-0.2, 0) is 4.79 Å². The molecule has 1 saturated heterocycles. The van der Waals surface area contributed by atoms with Crippen LogP contribution in [0.25, 0.3) is 0 Å². The van der Waals surface area contributed by atoms with Crippen LogP contribution in [0.15, 0.2) is 10.8 Å². The Morgan fingerprint density at radius 3 is 2.84 bits per heavy atom. The van der Waals surface area contributed by atoms with Crippen LogP contribution in [0.1, 0.15) is 55.3 Å². The highest BCUT2D eigenvalue weighted by molar-refractivity contribution is 5.96. The zero-order chi connectivity index (χ0) is 14.0. The molecule has 1 aliphatic rings. The molecular weight excluding hydrogens is 248 g/mol. The lowest BCUT2D eigenvalue weighted by Crippen LogP contribution is -2.48. The van der Waals surface area contributed by atoms with E-state index in [1.165, 1.54) is 11.3 Å². The normalized spacial score (nSPS) is 19.7. The number of amides is 1. The van der Waals surface area contributed by atoms with Crippen LogP contribution in [0.2, 0.25) is 0 Å². The van der Waals surface area contributed by atoms with Gasteiger partial charge in [-0.15, -0.1) is 0 Å². The topological polar surface area (TPSA) is 83.6 Å². The number of hydrogen-bond donors (Lipinski definition) is 1. The molecule has 0 radical (unpaired) electrons. The van der Waals surface area contributed by atoms with Gasteiger partial charge in [0.1, 0.15) is 11.8 Å². The lowest BCUT2D eigenvalue weighted by molar-refractivity contribution is -0.143. The molecule has 1 aromatic heterocycles. The third kappa shape index (κ3) is 2.62. The predicted octanol–water partition coefficient (Wildman–Crippen LogP) is 1.88. The molecule has 1 amide bonds. The first-order valence-electron chi connectivity index (χ1n) is 6.49. The van der Waals surface area contributed by atoms with Gasteiger partial charge < -0.3 is 14.4 Å². The zero-order valence-corrected chi connectivity index (χ0v) is 11.1. The molecule has 6 heteroatoms. The van der Waals surface area contributed by atoms with Crippen LogP contribution in [-0.4, -0.2) is 39.5 Å². The minimum atomic E-state index is -0.956. The maximum atomic E-state index is 12.4. The first-order chi connectivity index (χ1) is 9.02. The number of carboxylic acids is 1. The highest BCUT2D eigenvalue weighted by Gasteiger charge is 2.35. The van der Waals surface area contributed by atoms with Crippen molar-refractivity contribution in [2.75, 3.05) is 6.54 Å². The van der Waals surface area contributed by atoms with Crippen molar-refractivity contribution in [2.45, 2.75) is 45.1 Å². The number of likely N-dealkylation sites (tertiary alicyclic amines) is 1. The lowest BCUT2D eigenvalue weighted by Gasteiger charge is -2.32. The monoisotopic (exact) mass is 266 g/mol. The van der Waals surface area contributed by atoms with Gasteiger partial charge in [-0.3, -0.25) is 4.79 Å². The molecule has 0 bridgehead atoms. The smallest absolute Gasteiger partial charge is 0.326 e. The Balaban J connectivity index is 2.26. The third-order valence-corrected chi connectivity index (χ3v) is 3.37. The molecular formula is C13H18N2O4. The van der Waals surface area contributed by atoms with Crippen LogP contribution in [0, 0.1) is 0 Å². The van der Waals surface area contributed by atoms with Crippen molar-refractivity contribution in [3.05, 3.63) is 17.8 Å². The Bertz CT molecular complexity index is 481. The molecule has 104 valence electrons. The number of carbonyl (C=O) groups excluding carboxylic acids is 1. The van der Waals surface area contributed by atoms with E-state index < -0.39 is 12.0 Å². The number of aromatic nitrogens is 1. The molecule has 6 nitrogen and oxygen atoms in total. The summed E-state index contributed by atoms with van der Waals surface area (Å²) >= 11 is 0. The highest BCUT2D eigenvalue weighted by atomic mass is 16.4. The van der Waals surface area contributed by atoms with Gasteiger partial charge in [0.05, 0.1) is 0 Å². The maximum Gasteiger partial charge on any atom is 0.326 e. The van der Waals surface area contributed by atoms with Gasteiger partial charge in [0.2, 0.25) is 0 Å².